The summed E-state index contributed by atoms with van der Waals surface area (Å²) in [6, 6.07) is 15.4. The van der Waals surface area contributed by atoms with Gasteiger partial charge in [-0.15, -0.1) is 10.2 Å². The van der Waals surface area contributed by atoms with Crippen LogP contribution in [-0.2, 0) is 16.1 Å². The van der Waals surface area contributed by atoms with E-state index in [0.717, 1.165) is 24.6 Å². The van der Waals surface area contributed by atoms with Crippen LogP contribution in [0.25, 0.3) is 11.0 Å². The smallest absolute Gasteiger partial charge is 0.323 e. The molecule has 1 aliphatic heterocycles. The van der Waals surface area contributed by atoms with Gasteiger partial charge in [0.25, 0.3) is 0 Å². The predicted molar refractivity (Wildman–Crippen MR) is 131 cm³/mol. The molecule has 2 aromatic heterocycles. The lowest BCUT2D eigenvalue weighted by Gasteiger charge is -2.28. The minimum absolute atomic E-state index is 0.163. The number of hydrogen-bond acceptors (Lipinski definition) is 7. The predicted octanol–water partition coefficient (Wildman–Crippen LogP) is 2.45. The lowest BCUT2D eigenvalue weighted by atomic mass is 10.2. The van der Waals surface area contributed by atoms with E-state index in [0.29, 0.717) is 41.6 Å². The minimum Gasteiger partial charge on any atom is -0.378 e. The summed E-state index contributed by atoms with van der Waals surface area (Å²) < 4.78 is 7.55. The number of rotatable bonds is 7. The van der Waals surface area contributed by atoms with E-state index in [1.807, 2.05) is 25.1 Å². The summed E-state index contributed by atoms with van der Waals surface area (Å²) in [6.45, 7) is 5.24. The van der Waals surface area contributed by atoms with Crippen molar-refractivity contribution < 1.29 is 9.53 Å². The molecule has 0 bridgehead atoms. The summed E-state index contributed by atoms with van der Waals surface area (Å²) in [5, 5.41) is 12.1. The SMILES string of the molecule is C[C@@H](Sc1nnc(N2CCOCC2)n1Cc1ccccc1)C(=O)Nc1ccc2[nH]c(=O)[nH]c2c1. The average Bonchev–Trinajstić information content (AvgIpc) is 3.42. The molecule has 0 aliphatic carbocycles. The summed E-state index contributed by atoms with van der Waals surface area (Å²) in [7, 11) is 0. The fourth-order valence-electron chi connectivity index (χ4n) is 3.84. The number of anilines is 2. The lowest BCUT2D eigenvalue weighted by Crippen LogP contribution is -2.38. The molecular weight excluding hydrogens is 454 g/mol. The number of aromatic nitrogens is 5. The van der Waals surface area contributed by atoms with Gasteiger partial charge in [-0.2, -0.15) is 0 Å². The van der Waals surface area contributed by atoms with Gasteiger partial charge in [0.05, 0.1) is 36.0 Å². The summed E-state index contributed by atoms with van der Waals surface area (Å²) in [4.78, 5) is 32.0. The molecule has 0 spiro atoms. The first-order chi connectivity index (χ1) is 16.6. The molecule has 1 fully saturated rings. The van der Waals surface area contributed by atoms with Gasteiger partial charge in [-0.25, -0.2) is 4.79 Å². The van der Waals surface area contributed by atoms with Crippen molar-refractivity contribution >= 4 is 40.3 Å². The normalized spacial score (nSPS) is 14.9. The van der Waals surface area contributed by atoms with Gasteiger partial charge in [0.2, 0.25) is 11.9 Å². The number of carbonyl (C=O) groups excluding carboxylic acids is 1. The van der Waals surface area contributed by atoms with Crippen LogP contribution in [0.1, 0.15) is 12.5 Å². The highest BCUT2D eigenvalue weighted by molar-refractivity contribution is 8.00. The third-order valence-electron chi connectivity index (χ3n) is 5.61. The number of thioether (sulfide) groups is 1. The Balaban J connectivity index is 1.34. The molecular formula is C23H25N7O3S. The number of amides is 1. The largest absolute Gasteiger partial charge is 0.378 e. The van der Waals surface area contributed by atoms with Crippen molar-refractivity contribution in [2.45, 2.75) is 23.9 Å². The third kappa shape index (κ3) is 4.85. The van der Waals surface area contributed by atoms with Crippen LogP contribution in [0, 0.1) is 0 Å². The van der Waals surface area contributed by atoms with E-state index in [-0.39, 0.29) is 11.6 Å². The van der Waals surface area contributed by atoms with Crippen LogP contribution in [0.4, 0.5) is 11.6 Å². The van der Waals surface area contributed by atoms with Crippen molar-refractivity contribution in [2.75, 3.05) is 36.5 Å². The van der Waals surface area contributed by atoms with Crippen LogP contribution in [0.2, 0.25) is 0 Å². The maximum atomic E-state index is 12.9. The molecule has 0 unspecified atom stereocenters. The van der Waals surface area contributed by atoms with Crippen molar-refractivity contribution in [3.05, 3.63) is 64.6 Å². The van der Waals surface area contributed by atoms with Gasteiger partial charge in [0, 0.05) is 18.8 Å². The molecule has 4 aromatic rings. The van der Waals surface area contributed by atoms with E-state index in [1.165, 1.54) is 11.8 Å². The van der Waals surface area contributed by atoms with Crippen molar-refractivity contribution in [1.29, 1.82) is 0 Å². The van der Waals surface area contributed by atoms with Gasteiger partial charge < -0.3 is 24.9 Å². The first-order valence-corrected chi connectivity index (χ1v) is 11.9. The number of nitrogens with one attached hydrogen (secondary N) is 3. The molecule has 11 heteroatoms. The van der Waals surface area contributed by atoms with Crippen LogP contribution < -0.4 is 15.9 Å². The zero-order valence-electron chi connectivity index (χ0n) is 18.7. The Morgan fingerprint density at radius 2 is 1.88 bits per heavy atom. The van der Waals surface area contributed by atoms with E-state index in [2.05, 4.69) is 47.1 Å². The van der Waals surface area contributed by atoms with E-state index in [9.17, 15) is 9.59 Å². The van der Waals surface area contributed by atoms with E-state index >= 15 is 0 Å². The second-order valence-electron chi connectivity index (χ2n) is 8.04. The Kier molecular flexibility index (Phi) is 6.37. The standard InChI is InChI=1S/C23H25N7O3S/c1-15(20(31)24-17-7-8-18-19(13-17)26-21(32)25-18)34-23-28-27-22(29-9-11-33-12-10-29)30(23)14-16-5-3-2-4-6-16/h2-8,13,15H,9-12,14H2,1H3,(H,24,31)(H2,25,26,32)/t15-/m1/s1. The molecule has 5 rings (SSSR count). The summed E-state index contributed by atoms with van der Waals surface area (Å²) in [5.74, 6) is 0.619. The Hall–Kier alpha value is -3.57. The number of ether oxygens (including phenoxy) is 1. The van der Waals surface area contributed by atoms with Crippen LogP contribution in [-0.4, -0.2) is 62.2 Å². The number of morpholine rings is 1. The zero-order valence-corrected chi connectivity index (χ0v) is 19.5. The van der Waals surface area contributed by atoms with Crippen molar-refractivity contribution in [1.82, 2.24) is 24.7 Å². The van der Waals surface area contributed by atoms with Crippen LogP contribution >= 0.6 is 11.8 Å². The number of H-pyrrole nitrogens is 2. The van der Waals surface area contributed by atoms with Crippen molar-refractivity contribution in [2.24, 2.45) is 0 Å². The molecule has 176 valence electrons. The van der Waals surface area contributed by atoms with Crippen molar-refractivity contribution in [3.63, 3.8) is 0 Å². The first-order valence-electron chi connectivity index (χ1n) is 11.1. The molecule has 3 N–H and O–H groups in total. The quantitative estimate of drug-likeness (QED) is 0.348. The van der Waals surface area contributed by atoms with Gasteiger partial charge >= 0.3 is 5.69 Å². The average molecular weight is 480 g/mol. The second kappa shape index (κ2) is 9.74. The van der Waals surface area contributed by atoms with Crippen LogP contribution in [0.5, 0.6) is 0 Å². The van der Waals surface area contributed by atoms with Gasteiger partial charge in [-0.05, 0) is 30.7 Å². The van der Waals surface area contributed by atoms with E-state index in [1.54, 1.807) is 18.2 Å². The first kappa shape index (κ1) is 22.2. The number of fused-ring (bicyclic) bond motifs is 1. The second-order valence-corrected chi connectivity index (χ2v) is 9.35. The molecule has 3 heterocycles. The highest BCUT2D eigenvalue weighted by atomic mass is 32.2. The fourth-order valence-corrected chi connectivity index (χ4v) is 4.68. The maximum absolute atomic E-state index is 12.9. The molecule has 1 saturated heterocycles. The lowest BCUT2D eigenvalue weighted by molar-refractivity contribution is -0.115. The van der Waals surface area contributed by atoms with Gasteiger partial charge in [-0.3, -0.25) is 9.36 Å². The monoisotopic (exact) mass is 479 g/mol. The number of carbonyl (C=O) groups is 1. The summed E-state index contributed by atoms with van der Waals surface area (Å²) in [6.07, 6.45) is 0. The van der Waals surface area contributed by atoms with Gasteiger partial charge in [-0.1, -0.05) is 42.1 Å². The van der Waals surface area contributed by atoms with Gasteiger partial charge in [0.15, 0.2) is 5.16 Å². The molecule has 0 radical (unpaired) electrons. The molecule has 1 aliphatic rings. The maximum Gasteiger partial charge on any atom is 0.323 e. The number of aromatic amines is 2. The highest BCUT2D eigenvalue weighted by Crippen LogP contribution is 2.28. The Bertz CT molecular complexity index is 1340. The molecule has 0 saturated carbocycles. The van der Waals surface area contributed by atoms with Crippen LogP contribution in [0.3, 0.4) is 0 Å². The fraction of sp³-hybridized carbons (Fsp3) is 0.304. The topological polar surface area (TPSA) is 121 Å². The molecule has 10 nitrogen and oxygen atoms in total. The molecule has 1 atom stereocenters. The molecule has 1 amide bonds. The zero-order chi connectivity index (χ0) is 23.5. The third-order valence-corrected chi connectivity index (χ3v) is 6.69. The Labute approximate surface area is 199 Å². The number of nitrogens with zero attached hydrogens (tertiary/aromatic N) is 4. The minimum atomic E-state index is -0.419. The molecule has 2 aromatic carbocycles. The van der Waals surface area contributed by atoms with Crippen LogP contribution in [0.15, 0.2) is 58.5 Å². The Morgan fingerprint density at radius 3 is 2.68 bits per heavy atom. The van der Waals surface area contributed by atoms with E-state index < -0.39 is 5.25 Å². The summed E-state index contributed by atoms with van der Waals surface area (Å²) in [5.41, 5.74) is 2.79. The Morgan fingerprint density at radius 1 is 1.12 bits per heavy atom. The highest BCUT2D eigenvalue weighted by Gasteiger charge is 2.24. The van der Waals surface area contributed by atoms with Gasteiger partial charge in [0.1, 0.15) is 0 Å². The number of benzene rings is 2. The summed E-state index contributed by atoms with van der Waals surface area (Å²) >= 11 is 1.36. The van der Waals surface area contributed by atoms with E-state index in [4.69, 9.17) is 4.74 Å². The number of imidazole rings is 1. The molecule has 34 heavy (non-hydrogen) atoms. The van der Waals surface area contributed by atoms with Crippen molar-refractivity contribution in [3.8, 4) is 0 Å². The number of hydrogen-bond donors (Lipinski definition) is 3.